The number of fused-ring (bicyclic) bond motifs is 5. The summed E-state index contributed by atoms with van der Waals surface area (Å²) in [6.07, 6.45) is 10.4. The highest BCUT2D eigenvalue weighted by Gasteiger charge is 2.59. The van der Waals surface area contributed by atoms with Crippen LogP contribution in [0.2, 0.25) is 0 Å². The second-order valence-electron chi connectivity index (χ2n) is 11.9. The van der Waals surface area contributed by atoms with Crippen LogP contribution < -0.4 is 0 Å². The zero-order valence-corrected chi connectivity index (χ0v) is 19.7. The Hall–Kier alpha value is -0.490. The fraction of sp³-hybridized carbons (Fsp3) is 0.962. The van der Waals surface area contributed by atoms with Crippen molar-refractivity contribution in [1.82, 2.24) is 4.90 Å². The molecule has 1 aliphatic heterocycles. The highest BCUT2D eigenvalue weighted by atomic mass is 16.5. The third-order valence-corrected chi connectivity index (χ3v) is 10.4. The van der Waals surface area contributed by atoms with Crippen LogP contribution in [-0.4, -0.2) is 68.0 Å². The first kappa shape index (κ1) is 22.3. The molecule has 0 aromatic heterocycles. The van der Waals surface area contributed by atoms with E-state index in [2.05, 4.69) is 11.8 Å². The van der Waals surface area contributed by atoms with Gasteiger partial charge in [0.15, 0.2) is 0 Å². The van der Waals surface area contributed by atoms with Crippen LogP contribution in [0, 0.1) is 40.9 Å². The minimum absolute atomic E-state index is 0.211. The van der Waals surface area contributed by atoms with Crippen LogP contribution in [0.1, 0.15) is 64.7 Å². The highest BCUT2D eigenvalue weighted by Crippen LogP contribution is 2.64. The number of ketones is 1. The molecule has 0 bridgehead atoms. The second-order valence-corrected chi connectivity index (χ2v) is 11.9. The van der Waals surface area contributed by atoms with Crippen LogP contribution in [-0.2, 0) is 14.3 Å². The Kier molecular flexibility index (Phi) is 6.26. The van der Waals surface area contributed by atoms with Gasteiger partial charge in [0, 0.05) is 26.1 Å². The summed E-state index contributed by atoms with van der Waals surface area (Å²) in [7, 11) is 1.71. The molecule has 0 unspecified atom stereocenters. The molecule has 0 amide bonds. The summed E-state index contributed by atoms with van der Waals surface area (Å²) in [5.74, 6) is 4.55. The average Bonchev–Trinajstić information content (AvgIpc) is 3.11. The number of hydrogen-bond donors (Lipinski definition) is 1. The largest absolute Gasteiger partial charge is 0.387 e. The molecule has 5 heteroatoms. The van der Waals surface area contributed by atoms with E-state index in [4.69, 9.17) is 9.47 Å². The Balaban J connectivity index is 1.25. The van der Waals surface area contributed by atoms with Crippen molar-refractivity contribution in [1.29, 1.82) is 0 Å². The number of ether oxygens (including phenoxy) is 2. The number of carbonyl (C=O) groups is 1. The maximum Gasteiger partial charge on any atom is 0.150 e. The Morgan fingerprint density at radius 1 is 1.03 bits per heavy atom. The van der Waals surface area contributed by atoms with Gasteiger partial charge in [-0.1, -0.05) is 6.92 Å². The van der Waals surface area contributed by atoms with Crippen molar-refractivity contribution in [2.75, 3.05) is 46.6 Å². The van der Waals surface area contributed by atoms with E-state index in [9.17, 15) is 9.90 Å². The fourth-order valence-electron chi connectivity index (χ4n) is 8.98. The smallest absolute Gasteiger partial charge is 0.150 e. The molecule has 5 aliphatic rings. The number of aliphatic hydroxyl groups is 1. The number of methoxy groups -OCH3 is 1. The van der Waals surface area contributed by atoms with E-state index < -0.39 is 5.60 Å². The molecular formula is C26H43NO4. The van der Waals surface area contributed by atoms with Crippen LogP contribution in [0.3, 0.4) is 0 Å². The molecule has 0 radical (unpaired) electrons. The van der Waals surface area contributed by atoms with E-state index in [0.717, 1.165) is 75.7 Å². The molecular weight excluding hydrogens is 390 g/mol. The number of nitrogens with zero attached hydrogens (tertiary/aromatic N) is 1. The summed E-state index contributed by atoms with van der Waals surface area (Å²) in [5, 5.41) is 11.0. The lowest BCUT2D eigenvalue weighted by atomic mass is 9.49. The maximum absolute atomic E-state index is 13.4. The van der Waals surface area contributed by atoms with E-state index in [0.29, 0.717) is 24.9 Å². The molecule has 1 N–H and O–H groups in total. The molecule has 0 aromatic carbocycles. The Labute approximate surface area is 188 Å². The molecule has 0 aromatic rings. The lowest BCUT2D eigenvalue weighted by Crippen LogP contribution is -2.52. The number of hydrogen-bond acceptors (Lipinski definition) is 5. The minimum Gasteiger partial charge on any atom is -0.387 e. The van der Waals surface area contributed by atoms with Crippen LogP contribution in [0.25, 0.3) is 0 Å². The van der Waals surface area contributed by atoms with E-state index in [-0.39, 0.29) is 11.3 Å². The van der Waals surface area contributed by atoms with Gasteiger partial charge in [-0.3, -0.25) is 9.69 Å². The zero-order chi connectivity index (χ0) is 21.6. The lowest BCUT2D eigenvalue weighted by molar-refractivity contribution is -0.137. The van der Waals surface area contributed by atoms with Crippen molar-refractivity contribution in [2.24, 2.45) is 40.9 Å². The monoisotopic (exact) mass is 433 g/mol. The van der Waals surface area contributed by atoms with E-state index in [1.165, 1.54) is 32.1 Å². The van der Waals surface area contributed by atoms with Gasteiger partial charge in [-0.15, -0.1) is 0 Å². The summed E-state index contributed by atoms with van der Waals surface area (Å²) in [4.78, 5) is 15.7. The molecule has 5 fully saturated rings. The summed E-state index contributed by atoms with van der Waals surface area (Å²) in [6, 6.07) is 0. The Bertz CT molecular complexity index is 664. The second kappa shape index (κ2) is 8.70. The minimum atomic E-state index is -0.601. The molecule has 5 nitrogen and oxygen atoms in total. The Morgan fingerprint density at radius 2 is 1.81 bits per heavy atom. The van der Waals surface area contributed by atoms with Crippen molar-refractivity contribution in [2.45, 2.75) is 70.3 Å². The summed E-state index contributed by atoms with van der Waals surface area (Å²) in [6.45, 7) is 6.93. The third-order valence-electron chi connectivity index (χ3n) is 10.4. The van der Waals surface area contributed by atoms with Gasteiger partial charge in [0.2, 0.25) is 0 Å². The van der Waals surface area contributed by atoms with E-state index in [1.54, 1.807) is 7.11 Å². The molecule has 5 rings (SSSR count). The number of morpholine rings is 1. The molecule has 31 heavy (non-hydrogen) atoms. The summed E-state index contributed by atoms with van der Waals surface area (Å²) in [5.41, 5.74) is -0.390. The quantitative estimate of drug-likeness (QED) is 0.719. The highest BCUT2D eigenvalue weighted by molar-refractivity contribution is 5.84. The molecule has 1 saturated heterocycles. The third kappa shape index (κ3) is 4.02. The van der Waals surface area contributed by atoms with Crippen molar-refractivity contribution < 1.29 is 19.4 Å². The fourth-order valence-corrected chi connectivity index (χ4v) is 8.98. The number of rotatable bonds is 5. The summed E-state index contributed by atoms with van der Waals surface area (Å²) >= 11 is 0. The van der Waals surface area contributed by atoms with Crippen LogP contribution in [0.5, 0.6) is 0 Å². The van der Waals surface area contributed by atoms with E-state index >= 15 is 0 Å². The van der Waals surface area contributed by atoms with Gasteiger partial charge in [-0.2, -0.15) is 0 Å². The number of Topliss-reactive ketones (excluding diaryl/α,β-unsaturated/α-hetero) is 1. The van der Waals surface area contributed by atoms with Gasteiger partial charge in [-0.05, 0) is 92.8 Å². The van der Waals surface area contributed by atoms with E-state index in [1.807, 2.05) is 0 Å². The van der Waals surface area contributed by atoms with Gasteiger partial charge in [-0.25, -0.2) is 0 Å². The predicted molar refractivity (Wildman–Crippen MR) is 120 cm³/mol. The lowest BCUT2D eigenvalue weighted by Gasteiger charge is -2.57. The molecule has 8 atom stereocenters. The van der Waals surface area contributed by atoms with Crippen molar-refractivity contribution in [3.05, 3.63) is 0 Å². The Morgan fingerprint density at radius 3 is 2.58 bits per heavy atom. The first-order valence-corrected chi connectivity index (χ1v) is 13.0. The van der Waals surface area contributed by atoms with Gasteiger partial charge in [0.25, 0.3) is 0 Å². The van der Waals surface area contributed by atoms with Crippen molar-refractivity contribution >= 4 is 5.78 Å². The standard InChI is InChI=1S/C26H43NO4/c1-25-9-7-20-19-8-10-26(29,17-30-2)15-18(19)3-4-21(20)22(25)5-6-23(25)24(28)16-27-11-13-31-14-12-27/h18-23,29H,3-17H2,1-2H3/t18-,19-,20+,21+,22-,23+,25-,26+/m0/s1. The van der Waals surface area contributed by atoms with Crippen molar-refractivity contribution in [3.8, 4) is 0 Å². The average molecular weight is 434 g/mol. The van der Waals surface area contributed by atoms with Gasteiger partial charge in [0.1, 0.15) is 5.78 Å². The predicted octanol–water partition coefficient (Wildman–Crippen LogP) is 3.53. The van der Waals surface area contributed by atoms with Crippen molar-refractivity contribution in [3.63, 3.8) is 0 Å². The molecule has 4 saturated carbocycles. The molecule has 1 heterocycles. The molecule has 0 spiro atoms. The van der Waals surface area contributed by atoms with Crippen LogP contribution in [0.4, 0.5) is 0 Å². The summed E-state index contributed by atoms with van der Waals surface area (Å²) < 4.78 is 10.8. The SMILES string of the molecule is COC[C@@]1(O)CC[C@H]2[C@@H](CC[C@@H]3[C@@H]2CC[C@]2(C)[C@@H](C(=O)CN4CCOCC4)CC[C@@H]32)C1. The maximum atomic E-state index is 13.4. The van der Waals surface area contributed by atoms with Gasteiger partial charge >= 0.3 is 0 Å². The van der Waals surface area contributed by atoms with Gasteiger partial charge in [0.05, 0.1) is 32.0 Å². The topological polar surface area (TPSA) is 59.0 Å². The molecule has 176 valence electrons. The normalized spacial score (nSPS) is 48.0. The molecule has 4 aliphatic carbocycles. The zero-order valence-electron chi connectivity index (χ0n) is 19.7. The van der Waals surface area contributed by atoms with Gasteiger partial charge < -0.3 is 14.6 Å². The van der Waals surface area contributed by atoms with Crippen LogP contribution in [0.15, 0.2) is 0 Å². The first-order valence-electron chi connectivity index (χ1n) is 13.0. The first-order chi connectivity index (χ1) is 14.9. The number of carbonyl (C=O) groups excluding carboxylic acids is 1. The van der Waals surface area contributed by atoms with Crippen LogP contribution >= 0.6 is 0 Å².